The first-order valence-corrected chi connectivity index (χ1v) is 12.4. The first-order valence-electron chi connectivity index (χ1n) is 11.0. The number of nitrogens with zero attached hydrogens (tertiary/aromatic N) is 6. The van der Waals surface area contributed by atoms with Crippen molar-refractivity contribution in [2.45, 2.75) is 24.9 Å². The molecule has 2 aliphatic rings. The average Bonchev–Trinajstić information content (AvgIpc) is 3.30. The minimum atomic E-state index is -3.71. The maximum atomic E-state index is 13.2. The monoisotopic (exact) mass is 479 g/mol. The number of nitrogens with one attached hydrogen (secondary N) is 1. The minimum absolute atomic E-state index is 0.155. The molecule has 0 saturated carbocycles. The van der Waals surface area contributed by atoms with E-state index in [9.17, 15) is 8.42 Å². The van der Waals surface area contributed by atoms with Crippen molar-refractivity contribution in [2.75, 3.05) is 36.6 Å². The largest absolute Gasteiger partial charge is 0.378 e. The molecule has 10 nitrogen and oxygen atoms in total. The van der Waals surface area contributed by atoms with Crippen molar-refractivity contribution < 1.29 is 13.2 Å². The van der Waals surface area contributed by atoms with Crippen LogP contribution in [0.15, 0.2) is 58.8 Å². The molecule has 5 rings (SSSR count). The van der Waals surface area contributed by atoms with Gasteiger partial charge in [-0.15, -0.1) is 0 Å². The van der Waals surface area contributed by atoms with Crippen LogP contribution in [0.5, 0.6) is 0 Å². The van der Waals surface area contributed by atoms with E-state index in [2.05, 4.69) is 25.4 Å². The van der Waals surface area contributed by atoms with E-state index in [-0.39, 0.29) is 18.0 Å². The van der Waals surface area contributed by atoms with Crippen LogP contribution < -0.4 is 10.3 Å². The van der Waals surface area contributed by atoms with Crippen molar-refractivity contribution in [3.8, 4) is 0 Å². The smallest absolute Gasteiger partial charge is 0.245 e. The predicted octanol–water partition coefficient (Wildman–Crippen LogP) is 2.17. The molecule has 0 unspecified atom stereocenters. The fourth-order valence-corrected chi connectivity index (χ4v) is 5.36. The summed E-state index contributed by atoms with van der Waals surface area (Å²) in [4.78, 5) is 15.5. The number of pyridine rings is 1. The van der Waals surface area contributed by atoms with Crippen LogP contribution in [0.4, 0.5) is 11.8 Å². The molecule has 0 atom stereocenters. The summed E-state index contributed by atoms with van der Waals surface area (Å²) >= 11 is 0. The molecule has 0 amide bonds. The number of aromatic nitrogens is 3. The molecule has 2 aromatic heterocycles. The van der Waals surface area contributed by atoms with E-state index in [1.165, 1.54) is 10.5 Å². The Morgan fingerprint density at radius 3 is 2.74 bits per heavy atom. The highest BCUT2D eigenvalue weighted by atomic mass is 32.2. The molecule has 3 aromatic rings. The lowest BCUT2D eigenvalue weighted by molar-refractivity contribution is 0.122. The molecule has 1 N–H and O–H groups in total. The van der Waals surface area contributed by atoms with E-state index in [0.717, 1.165) is 16.7 Å². The number of ether oxygens (including phenoxy) is 1. The second kappa shape index (κ2) is 9.45. The Balaban J connectivity index is 1.44. The van der Waals surface area contributed by atoms with Gasteiger partial charge in [-0.3, -0.25) is 4.98 Å². The number of hydrazone groups is 1. The fraction of sp³-hybridized carbons (Fsp3) is 0.304. The molecular weight excluding hydrogens is 454 g/mol. The molecule has 11 heteroatoms. The third-order valence-corrected chi connectivity index (χ3v) is 7.51. The highest BCUT2D eigenvalue weighted by Gasteiger charge is 2.35. The Morgan fingerprint density at radius 2 is 1.97 bits per heavy atom. The van der Waals surface area contributed by atoms with Crippen molar-refractivity contribution in [2.24, 2.45) is 5.10 Å². The van der Waals surface area contributed by atoms with Crippen LogP contribution in [0.2, 0.25) is 0 Å². The van der Waals surface area contributed by atoms with Crippen LogP contribution in [-0.4, -0.2) is 60.2 Å². The molecule has 34 heavy (non-hydrogen) atoms. The molecule has 0 radical (unpaired) electrons. The van der Waals surface area contributed by atoms with Crippen LogP contribution in [-0.2, 0) is 27.8 Å². The van der Waals surface area contributed by atoms with E-state index in [1.54, 1.807) is 24.5 Å². The lowest BCUT2D eigenvalue weighted by Crippen LogP contribution is -2.37. The lowest BCUT2D eigenvalue weighted by Gasteiger charge is -2.29. The van der Waals surface area contributed by atoms with Crippen molar-refractivity contribution in [3.05, 3.63) is 71.2 Å². The number of hydrogen-bond acceptors (Lipinski definition) is 9. The van der Waals surface area contributed by atoms with Gasteiger partial charge in [0.05, 0.1) is 31.7 Å². The number of hydrogen-bond donors (Lipinski definition) is 1. The molecule has 0 bridgehead atoms. The summed E-state index contributed by atoms with van der Waals surface area (Å²) in [6.45, 7) is 4.90. The SMILES string of the molecule is Cc1cccc(/C=N/Nc2nc3c(c(N4CCOCC4)n2)CN(S(=O)(=O)c2cccnc2)C3)c1. The van der Waals surface area contributed by atoms with Gasteiger partial charge < -0.3 is 9.64 Å². The number of rotatable bonds is 6. The van der Waals surface area contributed by atoms with Crippen LogP contribution in [0.1, 0.15) is 22.4 Å². The standard InChI is InChI=1S/C23H25N7O3S/c1-17-4-2-5-18(12-17)13-25-28-23-26-21-16-30(34(31,32)19-6-3-7-24-14-19)15-20(21)22(27-23)29-8-10-33-11-9-29/h2-7,12-14H,8-11,15-16H2,1H3,(H,26,27,28)/b25-13+. The van der Waals surface area contributed by atoms with Crippen LogP contribution in [0.3, 0.4) is 0 Å². The molecule has 4 heterocycles. The molecule has 1 fully saturated rings. The van der Waals surface area contributed by atoms with E-state index < -0.39 is 10.0 Å². The van der Waals surface area contributed by atoms with Crippen LogP contribution in [0, 0.1) is 6.92 Å². The van der Waals surface area contributed by atoms with Gasteiger partial charge in [-0.1, -0.05) is 29.8 Å². The highest BCUT2D eigenvalue weighted by Crippen LogP contribution is 2.34. The number of benzene rings is 1. The Kier molecular flexibility index (Phi) is 6.22. The summed E-state index contributed by atoms with van der Waals surface area (Å²) < 4.78 is 33.3. The third-order valence-electron chi connectivity index (χ3n) is 5.73. The van der Waals surface area contributed by atoms with Gasteiger partial charge in [-0.2, -0.15) is 14.4 Å². The summed E-state index contributed by atoms with van der Waals surface area (Å²) in [6, 6.07) is 11.1. The topological polar surface area (TPSA) is 113 Å². The van der Waals surface area contributed by atoms with Gasteiger partial charge in [0.2, 0.25) is 16.0 Å². The fourth-order valence-electron chi connectivity index (χ4n) is 4.03. The van der Waals surface area contributed by atoms with Gasteiger partial charge in [0.1, 0.15) is 10.7 Å². The average molecular weight is 480 g/mol. The number of fused-ring (bicyclic) bond motifs is 1. The van der Waals surface area contributed by atoms with Gasteiger partial charge in [-0.05, 0) is 24.6 Å². The molecule has 1 aromatic carbocycles. The van der Waals surface area contributed by atoms with Crippen LogP contribution >= 0.6 is 0 Å². The Morgan fingerprint density at radius 1 is 1.12 bits per heavy atom. The van der Waals surface area contributed by atoms with E-state index >= 15 is 0 Å². The maximum Gasteiger partial charge on any atom is 0.245 e. The predicted molar refractivity (Wildman–Crippen MR) is 128 cm³/mol. The Hall–Kier alpha value is -3.41. The Bertz CT molecular complexity index is 1310. The molecule has 0 spiro atoms. The minimum Gasteiger partial charge on any atom is -0.378 e. The van der Waals surface area contributed by atoms with Crippen molar-refractivity contribution in [1.82, 2.24) is 19.3 Å². The zero-order valence-electron chi connectivity index (χ0n) is 18.8. The van der Waals surface area contributed by atoms with E-state index in [4.69, 9.17) is 9.72 Å². The molecule has 0 aliphatic carbocycles. The Labute approximate surface area is 198 Å². The van der Waals surface area contributed by atoms with Gasteiger partial charge in [-0.25, -0.2) is 18.8 Å². The zero-order chi connectivity index (χ0) is 23.5. The van der Waals surface area contributed by atoms with Gasteiger partial charge >= 0.3 is 0 Å². The highest BCUT2D eigenvalue weighted by molar-refractivity contribution is 7.89. The van der Waals surface area contributed by atoms with Gasteiger partial charge in [0.15, 0.2) is 0 Å². The lowest BCUT2D eigenvalue weighted by atomic mass is 10.2. The van der Waals surface area contributed by atoms with Gasteiger partial charge in [0, 0.05) is 37.6 Å². The third kappa shape index (κ3) is 4.63. The molecule has 1 saturated heterocycles. The maximum absolute atomic E-state index is 13.2. The summed E-state index contributed by atoms with van der Waals surface area (Å²) in [5.74, 6) is 1.04. The first kappa shape index (κ1) is 22.4. The number of morpholine rings is 1. The molecular formula is C23H25N7O3S. The van der Waals surface area contributed by atoms with Crippen molar-refractivity contribution in [3.63, 3.8) is 0 Å². The summed E-state index contributed by atoms with van der Waals surface area (Å²) in [6.07, 6.45) is 4.62. The summed E-state index contributed by atoms with van der Waals surface area (Å²) in [5.41, 5.74) is 6.49. The second-order valence-corrected chi connectivity index (χ2v) is 10.1. The molecule has 2 aliphatic heterocycles. The van der Waals surface area contributed by atoms with Gasteiger partial charge in [0.25, 0.3) is 0 Å². The normalized spacial score (nSPS) is 16.7. The van der Waals surface area contributed by atoms with E-state index in [0.29, 0.717) is 43.8 Å². The summed E-state index contributed by atoms with van der Waals surface area (Å²) in [7, 11) is -3.71. The van der Waals surface area contributed by atoms with Crippen molar-refractivity contribution >= 4 is 28.0 Å². The summed E-state index contributed by atoms with van der Waals surface area (Å²) in [5, 5.41) is 4.30. The quantitative estimate of drug-likeness (QED) is 0.423. The number of aryl methyl sites for hydroxylation is 1. The number of sulfonamides is 1. The van der Waals surface area contributed by atoms with Crippen molar-refractivity contribution in [1.29, 1.82) is 0 Å². The first-order chi connectivity index (χ1) is 16.5. The van der Waals surface area contributed by atoms with E-state index in [1.807, 2.05) is 31.2 Å². The zero-order valence-corrected chi connectivity index (χ0v) is 19.6. The second-order valence-electron chi connectivity index (χ2n) is 8.14. The molecule has 176 valence electrons. The van der Waals surface area contributed by atoms with Crippen LogP contribution in [0.25, 0.3) is 0 Å². The number of anilines is 2.